The van der Waals surface area contributed by atoms with Gasteiger partial charge in [-0.3, -0.25) is 0 Å². The number of hydrogen-bond acceptors (Lipinski definition) is 4. The van der Waals surface area contributed by atoms with Gasteiger partial charge in [-0.2, -0.15) is 5.26 Å². The number of nitriles is 1. The van der Waals surface area contributed by atoms with Crippen molar-refractivity contribution in [2.75, 3.05) is 0 Å². The lowest BCUT2D eigenvalue weighted by molar-refractivity contribution is -0.274. The van der Waals surface area contributed by atoms with Gasteiger partial charge in [0.2, 0.25) is 0 Å². The number of ether oxygens (including phenoxy) is 1. The van der Waals surface area contributed by atoms with Gasteiger partial charge in [-0.05, 0) is 22.0 Å². The number of alkyl halides is 3. The lowest BCUT2D eigenvalue weighted by Crippen LogP contribution is -2.17. The van der Waals surface area contributed by atoms with E-state index in [0.717, 1.165) is 6.07 Å². The van der Waals surface area contributed by atoms with E-state index in [2.05, 4.69) is 20.7 Å². The molecule has 0 radical (unpaired) electrons. The fourth-order valence-electron chi connectivity index (χ4n) is 1.02. The van der Waals surface area contributed by atoms with Gasteiger partial charge in [-0.25, -0.2) is 8.42 Å². The van der Waals surface area contributed by atoms with Crippen LogP contribution >= 0.6 is 26.6 Å². The Bertz CT molecular complexity index is 624. The fraction of sp³-hybridized carbons (Fsp3) is 0.125. The van der Waals surface area contributed by atoms with Crippen LogP contribution < -0.4 is 4.74 Å². The van der Waals surface area contributed by atoms with Crippen molar-refractivity contribution >= 4 is 35.7 Å². The van der Waals surface area contributed by atoms with Crippen molar-refractivity contribution in [2.45, 2.75) is 11.3 Å². The van der Waals surface area contributed by atoms with Crippen molar-refractivity contribution in [3.63, 3.8) is 0 Å². The SMILES string of the molecule is N#Cc1cc(OC(F)(F)F)cc(S(=O)(=O)Cl)c1Br. The molecule has 0 amide bonds. The summed E-state index contributed by atoms with van der Waals surface area (Å²) in [5, 5.41) is 8.68. The topological polar surface area (TPSA) is 67.2 Å². The Morgan fingerprint density at radius 3 is 2.33 bits per heavy atom. The highest BCUT2D eigenvalue weighted by Crippen LogP contribution is 2.34. The van der Waals surface area contributed by atoms with Crippen LogP contribution in [0.4, 0.5) is 13.2 Å². The second-order valence-corrected chi connectivity index (χ2v) is 6.21. The minimum Gasteiger partial charge on any atom is -0.406 e. The Labute approximate surface area is 112 Å². The van der Waals surface area contributed by atoms with Crippen LogP contribution in [0.1, 0.15) is 5.56 Å². The zero-order valence-corrected chi connectivity index (χ0v) is 11.3. The van der Waals surface area contributed by atoms with E-state index in [1.165, 1.54) is 6.07 Å². The third-order valence-corrected chi connectivity index (χ3v) is 4.09. The predicted octanol–water partition coefficient (Wildman–Crippen LogP) is 3.15. The Morgan fingerprint density at radius 1 is 1.39 bits per heavy atom. The summed E-state index contributed by atoms with van der Waals surface area (Å²) in [6.45, 7) is 0. The van der Waals surface area contributed by atoms with Gasteiger partial charge in [0.05, 0.1) is 10.0 Å². The molecular weight excluding hydrogens is 363 g/mol. The first-order valence-corrected chi connectivity index (χ1v) is 7.09. The molecule has 0 aliphatic heterocycles. The summed E-state index contributed by atoms with van der Waals surface area (Å²) < 4.78 is 61.6. The van der Waals surface area contributed by atoms with Crippen LogP contribution in [0.2, 0.25) is 0 Å². The Balaban J connectivity index is 3.47. The highest BCUT2D eigenvalue weighted by atomic mass is 79.9. The van der Waals surface area contributed by atoms with Crippen molar-refractivity contribution in [2.24, 2.45) is 0 Å². The lowest BCUT2D eigenvalue weighted by atomic mass is 10.2. The first-order chi connectivity index (χ1) is 8.04. The van der Waals surface area contributed by atoms with E-state index in [1.54, 1.807) is 0 Å². The van der Waals surface area contributed by atoms with Crippen LogP contribution in [0.15, 0.2) is 21.5 Å². The zero-order chi connectivity index (χ0) is 14.1. The quantitative estimate of drug-likeness (QED) is 0.756. The molecule has 98 valence electrons. The molecule has 0 spiro atoms. The molecule has 18 heavy (non-hydrogen) atoms. The van der Waals surface area contributed by atoms with Gasteiger partial charge in [-0.1, -0.05) is 0 Å². The maximum absolute atomic E-state index is 12.0. The Morgan fingerprint density at radius 2 is 1.94 bits per heavy atom. The third-order valence-electron chi connectivity index (χ3n) is 1.63. The zero-order valence-electron chi connectivity index (χ0n) is 8.12. The van der Waals surface area contributed by atoms with Crippen LogP contribution in [0.5, 0.6) is 5.75 Å². The average molecular weight is 365 g/mol. The molecule has 1 aromatic carbocycles. The van der Waals surface area contributed by atoms with Crippen LogP contribution in [0.3, 0.4) is 0 Å². The highest BCUT2D eigenvalue weighted by molar-refractivity contribution is 9.10. The van der Waals surface area contributed by atoms with Crippen LogP contribution in [0, 0.1) is 11.3 Å². The molecule has 0 saturated heterocycles. The smallest absolute Gasteiger partial charge is 0.406 e. The van der Waals surface area contributed by atoms with E-state index in [9.17, 15) is 21.6 Å². The molecule has 0 bridgehead atoms. The van der Waals surface area contributed by atoms with E-state index in [0.29, 0.717) is 6.07 Å². The largest absolute Gasteiger partial charge is 0.573 e. The minimum atomic E-state index is -5.01. The number of hydrogen-bond donors (Lipinski definition) is 0. The molecule has 0 unspecified atom stereocenters. The number of nitrogens with zero attached hydrogens (tertiary/aromatic N) is 1. The Hall–Kier alpha value is -0.980. The van der Waals surface area contributed by atoms with Crippen molar-refractivity contribution in [1.82, 2.24) is 0 Å². The van der Waals surface area contributed by atoms with E-state index >= 15 is 0 Å². The molecule has 0 heterocycles. The monoisotopic (exact) mass is 363 g/mol. The van der Waals surface area contributed by atoms with Crippen LogP contribution in [0.25, 0.3) is 0 Å². The van der Waals surface area contributed by atoms with E-state index < -0.39 is 26.1 Å². The maximum Gasteiger partial charge on any atom is 0.573 e. The number of benzene rings is 1. The van der Waals surface area contributed by atoms with E-state index in [1.807, 2.05) is 0 Å². The van der Waals surface area contributed by atoms with Crippen LogP contribution in [-0.2, 0) is 9.05 Å². The molecule has 0 atom stereocenters. The first-order valence-electron chi connectivity index (χ1n) is 3.98. The van der Waals surface area contributed by atoms with E-state index in [-0.39, 0.29) is 10.0 Å². The summed E-state index contributed by atoms with van der Waals surface area (Å²) >= 11 is 2.77. The molecule has 0 aliphatic carbocycles. The molecule has 0 aliphatic rings. The summed E-state index contributed by atoms with van der Waals surface area (Å²) in [5.41, 5.74) is -0.351. The van der Waals surface area contributed by atoms with Gasteiger partial charge in [-0.15, -0.1) is 13.2 Å². The summed E-state index contributed by atoms with van der Waals surface area (Å²) in [5.74, 6) is -0.846. The standard InChI is InChI=1S/C8H2BrClF3NO3S/c9-7-4(3-14)1-5(17-8(11,12)13)2-6(7)18(10,15)16/h1-2H. The molecular formula is C8H2BrClF3NO3S. The Kier molecular flexibility index (Phi) is 4.15. The van der Waals surface area contributed by atoms with Crippen molar-refractivity contribution < 1.29 is 26.3 Å². The minimum absolute atomic E-state index is 0.227. The molecule has 0 fully saturated rings. The second kappa shape index (κ2) is 4.95. The second-order valence-electron chi connectivity index (χ2n) is 2.88. The van der Waals surface area contributed by atoms with Gasteiger partial charge < -0.3 is 4.74 Å². The van der Waals surface area contributed by atoms with Gasteiger partial charge in [0.1, 0.15) is 16.7 Å². The maximum atomic E-state index is 12.0. The van der Waals surface area contributed by atoms with Crippen molar-refractivity contribution in [3.05, 3.63) is 22.2 Å². The third kappa shape index (κ3) is 3.76. The molecule has 1 aromatic rings. The fourth-order valence-corrected chi connectivity index (χ4v) is 3.21. The summed E-state index contributed by atoms with van der Waals surface area (Å²) in [6, 6.07) is 2.83. The molecule has 1 rings (SSSR count). The number of halogens is 5. The average Bonchev–Trinajstić information content (AvgIpc) is 2.16. The van der Waals surface area contributed by atoms with Crippen molar-refractivity contribution in [1.29, 1.82) is 5.26 Å². The summed E-state index contributed by atoms with van der Waals surface area (Å²) in [4.78, 5) is -0.678. The van der Waals surface area contributed by atoms with E-state index in [4.69, 9.17) is 15.9 Å². The highest BCUT2D eigenvalue weighted by Gasteiger charge is 2.32. The lowest BCUT2D eigenvalue weighted by Gasteiger charge is -2.11. The molecule has 0 aromatic heterocycles. The van der Waals surface area contributed by atoms with Crippen molar-refractivity contribution in [3.8, 4) is 11.8 Å². The normalized spacial score (nSPS) is 12.0. The predicted molar refractivity (Wildman–Crippen MR) is 58.6 cm³/mol. The van der Waals surface area contributed by atoms with Crippen LogP contribution in [-0.4, -0.2) is 14.8 Å². The first kappa shape index (κ1) is 15.1. The molecule has 4 nitrogen and oxygen atoms in total. The molecule has 10 heteroatoms. The van der Waals surface area contributed by atoms with Gasteiger partial charge >= 0.3 is 6.36 Å². The van der Waals surface area contributed by atoms with Gasteiger partial charge in [0.15, 0.2) is 0 Å². The summed E-state index contributed by atoms with van der Waals surface area (Å²) in [7, 11) is 0.715. The van der Waals surface area contributed by atoms with Gasteiger partial charge in [0.25, 0.3) is 9.05 Å². The molecule has 0 saturated carbocycles. The van der Waals surface area contributed by atoms with Gasteiger partial charge in [0, 0.05) is 16.7 Å². The number of rotatable bonds is 2. The molecule has 0 N–H and O–H groups in total. The summed E-state index contributed by atoms with van der Waals surface area (Å²) in [6.07, 6.45) is -5.01.